The normalized spacial score (nSPS) is 14.5. The maximum Gasteiger partial charge on any atom is 0.167 e. The molecule has 1 aliphatic rings. The minimum atomic E-state index is 0.279. The Labute approximate surface area is 112 Å². The first-order valence-electron chi connectivity index (χ1n) is 6.64. The summed E-state index contributed by atoms with van der Waals surface area (Å²) >= 11 is 0. The Balaban J connectivity index is 1.51. The van der Waals surface area contributed by atoms with Crippen LogP contribution in [-0.2, 0) is 18.1 Å². The molecular formula is C16H17NO2. The van der Waals surface area contributed by atoms with Crippen molar-refractivity contribution in [3.8, 4) is 0 Å². The van der Waals surface area contributed by atoms with Crippen LogP contribution in [0, 0.1) is 5.92 Å². The van der Waals surface area contributed by atoms with Crippen molar-refractivity contribution in [2.75, 3.05) is 0 Å². The summed E-state index contributed by atoms with van der Waals surface area (Å²) in [6.45, 7) is 1.07. The van der Waals surface area contributed by atoms with Crippen LogP contribution in [0.4, 0.5) is 0 Å². The number of carbonyl (C=O) groups is 1. The van der Waals surface area contributed by atoms with Gasteiger partial charge in [-0.25, -0.2) is 0 Å². The van der Waals surface area contributed by atoms with E-state index >= 15 is 0 Å². The molecule has 3 rings (SSSR count). The SMILES string of the molecule is O=C(c1ccn(COCc2ccccc2)c1)C1CC1. The third-order valence-electron chi connectivity index (χ3n) is 3.34. The molecule has 0 amide bonds. The number of hydrogen-bond donors (Lipinski definition) is 0. The second-order valence-corrected chi connectivity index (χ2v) is 5.02. The van der Waals surface area contributed by atoms with E-state index in [2.05, 4.69) is 0 Å². The summed E-state index contributed by atoms with van der Waals surface area (Å²) in [5.41, 5.74) is 1.97. The molecule has 0 saturated heterocycles. The van der Waals surface area contributed by atoms with E-state index in [4.69, 9.17) is 4.74 Å². The molecule has 1 aromatic heterocycles. The van der Waals surface area contributed by atoms with E-state index in [1.165, 1.54) is 0 Å². The summed E-state index contributed by atoms with van der Waals surface area (Å²) in [4.78, 5) is 11.9. The molecule has 0 unspecified atom stereocenters. The van der Waals surface area contributed by atoms with Crippen molar-refractivity contribution in [3.63, 3.8) is 0 Å². The Morgan fingerprint density at radius 2 is 2.00 bits per heavy atom. The summed E-state index contributed by atoms with van der Waals surface area (Å²) in [6.07, 6.45) is 5.88. The monoisotopic (exact) mass is 255 g/mol. The second kappa shape index (κ2) is 5.41. The molecule has 1 heterocycles. The Morgan fingerprint density at radius 3 is 2.74 bits per heavy atom. The van der Waals surface area contributed by atoms with Gasteiger partial charge in [-0.3, -0.25) is 4.79 Å². The molecule has 1 saturated carbocycles. The molecule has 2 aromatic rings. The van der Waals surface area contributed by atoms with Gasteiger partial charge in [0.1, 0.15) is 6.73 Å². The summed E-state index contributed by atoms with van der Waals surface area (Å²) < 4.78 is 7.54. The van der Waals surface area contributed by atoms with Crippen LogP contribution in [0.25, 0.3) is 0 Å². The molecule has 1 aliphatic carbocycles. The molecule has 0 aliphatic heterocycles. The standard InChI is InChI=1S/C16H17NO2/c18-16(14-6-7-14)15-8-9-17(10-15)12-19-11-13-4-2-1-3-5-13/h1-5,8-10,14H,6-7,11-12H2. The zero-order chi connectivity index (χ0) is 13.1. The smallest absolute Gasteiger partial charge is 0.167 e. The number of carbonyl (C=O) groups excluding carboxylic acids is 1. The fourth-order valence-corrected chi connectivity index (χ4v) is 2.09. The zero-order valence-electron chi connectivity index (χ0n) is 10.8. The van der Waals surface area contributed by atoms with Crippen molar-refractivity contribution < 1.29 is 9.53 Å². The highest BCUT2D eigenvalue weighted by atomic mass is 16.5. The van der Waals surface area contributed by atoms with Gasteiger partial charge in [-0.15, -0.1) is 0 Å². The molecule has 0 bridgehead atoms. The second-order valence-electron chi connectivity index (χ2n) is 5.02. The van der Waals surface area contributed by atoms with E-state index in [1.807, 2.05) is 53.4 Å². The van der Waals surface area contributed by atoms with Crippen LogP contribution in [0.5, 0.6) is 0 Å². The zero-order valence-corrected chi connectivity index (χ0v) is 10.8. The van der Waals surface area contributed by atoms with E-state index in [9.17, 15) is 4.79 Å². The number of ether oxygens (including phenoxy) is 1. The van der Waals surface area contributed by atoms with Gasteiger partial charge < -0.3 is 9.30 Å². The van der Waals surface area contributed by atoms with Gasteiger partial charge in [0.05, 0.1) is 6.61 Å². The lowest BCUT2D eigenvalue weighted by Gasteiger charge is -2.05. The lowest BCUT2D eigenvalue weighted by molar-refractivity contribution is 0.0641. The lowest BCUT2D eigenvalue weighted by Crippen LogP contribution is -2.02. The fraction of sp³-hybridized carbons (Fsp3) is 0.312. The molecular weight excluding hydrogens is 238 g/mol. The van der Waals surface area contributed by atoms with Crippen LogP contribution in [0.2, 0.25) is 0 Å². The maximum atomic E-state index is 11.9. The number of aromatic nitrogens is 1. The molecule has 98 valence electrons. The van der Waals surface area contributed by atoms with Crippen LogP contribution in [0.15, 0.2) is 48.8 Å². The van der Waals surface area contributed by atoms with Crippen LogP contribution in [0.3, 0.4) is 0 Å². The van der Waals surface area contributed by atoms with Gasteiger partial charge in [0.2, 0.25) is 0 Å². The molecule has 1 aromatic carbocycles. The first kappa shape index (κ1) is 12.2. The van der Waals surface area contributed by atoms with Gasteiger partial charge in [-0.05, 0) is 24.5 Å². The Hall–Kier alpha value is -1.87. The molecule has 19 heavy (non-hydrogen) atoms. The maximum absolute atomic E-state index is 11.9. The van der Waals surface area contributed by atoms with Crippen LogP contribution in [-0.4, -0.2) is 10.4 Å². The Morgan fingerprint density at radius 1 is 1.21 bits per heavy atom. The summed E-state index contributed by atoms with van der Waals surface area (Å²) in [5.74, 6) is 0.558. The van der Waals surface area contributed by atoms with Crippen LogP contribution < -0.4 is 0 Å². The van der Waals surface area contributed by atoms with Gasteiger partial charge in [0.15, 0.2) is 5.78 Å². The van der Waals surface area contributed by atoms with E-state index in [-0.39, 0.29) is 11.7 Å². The van der Waals surface area contributed by atoms with E-state index in [0.29, 0.717) is 13.3 Å². The van der Waals surface area contributed by atoms with Gasteiger partial charge >= 0.3 is 0 Å². The lowest BCUT2D eigenvalue weighted by atomic mass is 10.1. The molecule has 1 fully saturated rings. The van der Waals surface area contributed by atoms with Gasteiger partial charge in [-0.1, -0.05) is 30.3 Å². The number of ketones is 1. The van der Waals surface area contributed by atoms with E-state index in [1.54, 1.807) is 0 Å². The fourth-order valence-electron chi connectivity index (χ4n) is 2.09. The topological polar surface area (TPSA) is 31.2 Å². The largest absolute Gasteiger partial charge is 0.356 e. The number of rotatable bonds is 6. The molecule has 0 spiro atoms. The Bertz CT molecular complexity index is 555. The van der Waals surface area contributed by atoms with Crippen LogP contribution in [0.1, 0.15) is 28.8 Å². The third-order valence-corrected chi connectivity index (χ3v) is 3.34. The molecule has 3 nitrogen and oxygen atoms in total. The first-order chi connectivity index (χ1) is 9.33. The Kier molecular flexibility index (Phi) is 3.47. The molecule has 0 N–H and O–H groups in total. The van der Waals surface area contributed by atoms with E-state index in [0.717, 1.165) is 24.0 Å². The van der Waals surface area contributed by atoms with Crippen molar-refractivity contribution >= 4 is 5.78 Å². The first-order valence-corrected chi connectivity index (χ1v) is 6.64. The van der Waals surface area contributed by atoms with Gasteiger partial charge in [0.25, 0.3) is 0 Å². The average molecular weight is 255 g/mol. The van der Waals surface area contributed by atoms with Crippen molar-refractivity contribution in [3.05, 3.63) is 59.9 Å². The van der Waals surface area contributed by atoms with Crippen molar-refractivity contribution in [2.24, 2.45) is 5.92 Å². The quantitative estimate of drug-likeness (QED) is 0.742. The predicted octanol–water partition coefficient (Wildman–Crippen LogP) is 3.26. The van der Waals surface area contributed by atoms with Crippen molar-refractivity contribution in [2.45, 2.75) is 26.2 Å². The summed E-state index contributed by atoms with van der Waals surface area (Å²) in [6, 6.07) is 12.0. The van der Waals surface area contributed by atoms with Crippen molar-refractivity contribution in [1.82, 2.24) is 4.57 Å². The number of hydrogen-bond acceptors (Lipinski definition) is 2. The van der Waals surface area contributed by atoms with E-state index < -0.39 is 0 Å². The minimum Gasteiger partial charge on any atom is -0.356 e. The highest BCUT2D eigenvalue weighted by Crippen LogP contribution is 2.32. The highest BCUT2D eigenvalue weighted by molar-refractivity contribution is 5.99. The summed E-state index contributed by atoms with van der Waals surface area (Å²) in [5, 5.41) is 0. The predicted molar refractivity (Wildman–Crippen MR) is 72.7 cm³/mol. The van der Waals surface area contributed by atoms with Gasteiger partial charge in [-0.2, -0.15) is 0 Å². The molecule has 3 heteroatoms. The number of Topliss-reactive ketones (excluding diaryl/α,β-unsaturated/α-hetero) is 1. The van der Waals surface area contributed by atoms with Gasteiger partial charge in [0, 0.05) is 23.9 Å². The third kappa shape index (κ3) is 3.12. The number of nitrogens with zero attached hydrogens (tertiary/aromatic N) is 1. The molecule has 0 radical (unpaired) electrons. The highest BCUT2D eigenvalue weighted by Gasteiger charge is 2.30. The minimum absolute atomic E-state index is 0.279. The van der Waals surface area contributed by atoms with Crippen LogP contribution >= 0.6 is 0 Å². The average Bonchev–Trinajstić information content (AvgIpc) is 3.19. The number of benzene rings is 1. The molecule has 0 atom stereocenters. The van der Waals surface area contributed by atoms with Crippen molar-refractivity contribution in [1.29, 1.82) is 0 Å². The summed E-state index contributed by atoms with van der Waals surface area (Å²) in [7, 11) is 0.